The zero-order valence-corrected chi connectivity index (χ0v) is 6.94. The van der Waals surface area contributed by atoms with Crippen molar-refractivity contribution in [1.29, 1.82) is 0 Å². The lowest BCUT2D eigenvalue weighted by atomic mass is 10.1. The number of urea groups is 1. The second kappa shape index (κ2) is 3.15. The summed E-state index contributed by atoms with van der Waals surface area (Å²) in [7, 11) is 0. The van der Waals surface area contributed by atoms with E-state index in [1.165, 1.54) is 18.2 Å². The standard InChI is InChI=1S/C7H8ClFN2O/c8-7(11-6(10)12)3-1-5(9)2-4-7/h1-3H,4H2,(H3,10,11,12)/t7-/m1/s1. The molecule has 0 saturated carbocycles. The number of hydrogen-bond acceptors (Lipinski definition) is 1. The third kappa shape index (κ3) is 2.23. The number of carbonyl (C=O) groups excluding carboxylic acids is 1. The molecule has 3 N–H and O–H groups in total. The fraction of sp³-hybridized carbons (Fsp3) is 0.286. The van der Waals surface area contributed by atoms with Gasteiger partial charge in [-0.3, -0.25) is 0 Å². The van der Waals surface area contributed by atoms with Crippen molar-refractivity contribution < 1.29 is 9.18 Å². The highest BCUT2D eigenvalue weighted by Gasteiger charge is 2.26. The van der Waals surface area contributed by atoms with Gasteiger partial charge in [0.05, 0.1) is 0 Å². The lowest BCUT2D eigenvalue weighted by Gasteiger charge is -2.24. The summed E-state index contributed by atoms with van der Waals surface area (Å²) in [6.45, 7) is 0. The number of nitrogens with two attached hydrogens (primary N) is 1. The topological polar surface area (TPSA) is 55.1 Å². The molecule has 0 aliphatic heterocycles. The average molecular weight is 191 g/mol. The molecule has 12 heavy (non-hydrogen) atoms. The molecule has 1 aliphatic carbocycles. The molecule has 0 aromatic carbocycles. The lowest BCUT2D eigenvalue weighted by Crippen LogP contribution is -2.45. The summed E-state index contributed by atoms with van der Waals surface area (Å²) in [5.74, 6) is -0.363. The second-order valence-electron chi connectivity index (χ2n) is 2.48. The molecule has 1 atom stereocenters. The lowest BCUT2D eigenvalue weighted by molar-refractivity contribution is 0.245. The summed E-state index contributed by atoms with van der Waals surface area (Å²) in [6, 6.07) is -0.731. The molecule has 0 fully saturated rings. The minimum absolute atomic E-state index is 0.194. The maximum atomic E-state index is 12.4. The van der Waals surface area contributed by atoms with Crippen LogP contribution in [-0.4, -0.2) is 11.0 Å². The van der Waals surface area contributed by atoms with E-state index in [1.54, 1.807) is 0 Å². The highest BCUT2D eigenvalue weighted by Crippen LogP contribution is 2.25. The summed E-state index contributed by atoms with van der Waals surface area (Å²) in [6.07, 6.45) is 4.02. The van der Waals surface area contributed by atoms with Crippen LogP contribution in [-0.2, 0) is 0 Å². The van der Waals surface area contributed by atoms with Gasteiger partial charge in [-0.1, -0.05) is 11.6 Å². The molecular weight excluding hydrogens is 183 g/mol. The molecule has 1 aliphatic rings. The number of hydrogen-bond donors (Lipinski definition) is 2. The normalized spacial score (nSPS) is 28.0. The Balaban J connectivity index is 2.65. The average Bonchev–Trinajstić information content (AvgIpc) is 1.94. The monoisotopic (exact) mass is 190 g/mol. The molecule has 1 rings (SSSR count). The second-order valence-corrected chi connectivity index (χ2v) is 3.15. The van der Waals surface area contributed by atoms with Gasteiger partial charge in [-0.15, -0.1) is 0 Å². The van der Waals surface area contributed by atoms with Crippen LogP contribution in [0.4, 0.5) is 9.18 Å². The zero-order valence-electron chi connectivity index (χ0n) is 6.18. The van der Waals surface area contributed by atoms with Gasteiger partial charge in [0.15, 0.2) is 0 Å². The van der Waals surface area contributed by atoms with Crippen molar-refractivity contribution in [3.8, 4) is 0 Å². The quantitative estimate of drug-likeness (QED) is 0.477. The van der Waals surface area contributed by atoms with E-state index in [2.05, 4.69) is 5.32 Å². The van der Waals surface area contributed by atoms with Crippen molar-refractivity contribution in [2.75, 3.05) is 0 Å². The van der Waals surface area contributed by atoms with Gasteiger partial charge in [-0.2, -0.15) is 0 Å². The van der Waals surface area contributed by atoms with Crippen molar-refractivity contribution in [3.05, 3.63) is 24.1 Å². The smallest absolute Gasteiger partial charge is 0.313 e. The third-order valence-electron chi connectivity index (χ3n) is 1.43. The molecule has 3 nitrogen and oxygen atoms in total. The van der Waals surface area contributed by atoms with E-state index in [4.69, 9.17) is 17.3 Å². The molecule has 66 valence electrons. The van der Waals surface area contributed by atoms with E-state index in [1.807, 2.05) is 0 Å². The predicted octanol–water partition coefficient (Wildman–Crippen LogP) is 1.40. The first-order valence-electron chi connectivity index (χ1n) is 3.33. The van der Waals surface area contributed by atoms with Crippen LogP contribution in [0.15, 0.2) is 24.1 Å². The van der Waals surface area contributed by atoms with Crippen LogP contribution in [0.3, 0.4) is 0 Å². The van der Waals surface area contributed by atoms with E-state index in [0.717, 1.165) is 0 Å². The summed E-state index contributed by atoms with van der Waals surface area (Å²) >= 11 is 5.83. The van der Waals surface area contributed by atoms with E-state index in [-0.39, 0.29) is 12.2 Å². The van der Waals surface area contributed by atoms with Crippen LogP contribution in [0.5, 0.6) is 0 Å². The number of allylic oxidation sites excluding steroid dienone is 2. The van der Waals surface area contributed by atoms with Gasteiger partial charge in [-0.25, -0.2) is 9.18 Å². The fourth-order valence-electron chi connectivity index (χ4n) is 0.891. The van der Waals surface area contributed by atoms with Crippen molar-refractivity contribution in [1.82, 2.24) is 5.32 Å². The third-order valence-corrected chi connectivity index (χ3v) is 1.81. The Morgan fingerprint density at radius 3 is 2.92 bits per heavy atom. The SMILES string of the molecule is NC(=O)N[C@]1(Cl)C=CC(F)=CC1. The number of nitrogens with one attached hydrogen (secondary N) is 1. The van der Waals surface area contributed by atoms with E-state index in [9.17, 15) is 9.18 Å². The molecular formula is C7H8ClFN2O. The van der Waals surface area contributed by atoms with Crippen LogP contribution in [0, 0.1) is 0 Å². The minimum atomic E-state index is -1.07. The highest BCUT2D eigenvalue weighted by molar-refractivity contribution is 6.26. The maximum absolute atomic E-state index is 12.4. The van der Waals surface area contributed by atoms with Gasteiger partial charge in [0, 0.05) is 6.42 Å². The molecule has 0 aromatic heterocycles. The van der Waals surface area contributed by atoms with E-state index < -0.39 is 11.0 Å². The Hall–Kier alpha value is -1.03. The molecule has 5 heteroatoms. The van der Waals surface area contributed by atoms with Crippen LogP contribution in [0.2, 0.25) is 0 Å². The van der Waals surface area contributed by atoms with E-state index in [0.29, 0.717) is 0 Å². The number of rotatable bonds is 1. The van der Waals surface area contributed by atoms with Gasteiger partial charge < -0.3 is 11.1 Å². The molecule has 0 saturated heterocycles. The first kappa shape index (κ1) is 9.06. The van der Waals surface area contributed by atoms with E-state index >= 15 is 0 Å². The molecule has 0 spiro atoms. The molecule has 0 bridgehead atoms. The van der Waals surface area contributed by atoms with Crippen LogP contribution in [0.1, 0.15) is 6.42 Å². The first-order valence-corrected chi connectivity index (χ1v) is 3.71. The Morgan fingerprint density at radius 1 is 1.83 bits per heavy atom. The Bertz CT molecular complexity index is 264. The van der Waals surface area contributed by atoms with Gasteiger partial charge in [0.2, 0.25) is 0 Å². The first-order chi connectivity index (χ1) is 5.52. The Labute approximate surface area is 74.1 Å². The van der Waals surface area contributed by atoms with Gasteiger partial charge in [-0.05, 0) is 18.2 Å². The Morgan fingerprint density at radius 2 is 2.50 bits per heavy atom. The van der Waals surface area contributed by atoms with Crippen molar-refractivity contribution in [3.63, 3.8) is 0 Å². The largest absolute Gasteiger partial charge is 0.352 e. The molecule has 0 radical (unpaired) electrons. The fourth-order valence-corrected chi connectivity index (χ4v) is 1.12. The predicted molar refractivity (Wildman–Crippen MR) is 44.3 cm³/mol. The van der Waals surface area contributed by atoms with Gasteiger partial charge in [0.1, 0.15) is 10.8 Å². The zero-order chi connectivity index (χ0) is 9.19. The van der Waals surface area contributed by atoms with Crippen LogP contribution < -0.4 is 11.1 Å². The molecule has 0 heterocycles. The van der Waals surface area contributed by atoms with Crippen LogP contribution in [0.25, 0.3) is 0 Å². The molecule has 0 aromatic rings. The number of alkyl halides is 1. The maximum Gasteiger partial charge on any atom is 0.313 e. The number of amides is 2. The summed E-state index contributed by atoms with van der Waals surface area (Å²) in [4.78, 5) is 9.36. The van der Waals surface area contributed by atoms with Crippen molar-refractivity contribution in [2.45, 2.75) is 11.4 Å². The van der Waals surface area contributed by atoms with Gasteiger partial charge >= 0.3 is 6.03 Å². The highest BCUT2D eigenvalue weighted by atomic mass is 35.5. The van der Waals surface area contributed by atoms with Crippen molar-refractivity contribution >= 4 is 17.6 Å². The molecule has 2 amide bonds. The van der Waals surface area contributed by atoms with Crippen LogP contribution >= 0.6 is 11.6 Å². The Kier molecular flexibility index (Phi) is 2.38. The molecule has 0 unspecified atom stereocenters. The number of carbonyl (C=O) groups is 1. The number of primary amides is 1. The summed E-state index contributed by atoms with van der Waals surface area (Å²) < 4.78 is 12.4. The minimum Gasteiger partial charge on any atom is -0.352 e. The van der Waals surface area contributed by atoms with Gasteiger partial charge in [0.25, 0.3) is 0 Å². The summed E-state index contributed by atoms with van der Waals surface area (Å²) in [5, 5.41) is 2.28. The number of halogens is 2. The van der Waals surface area contributed by atoms with Crippen molar-refractivity contribution in [2.24, 2.45) is 5.73 Å². The summed E-state index contributed by atoms with van der Waals surface area (Å²) in [5.41, 5.74) is 4.86.